The highest BCUT2D eigenvalue weighted by Gasteiger charge is 2.44. The molecular weight excluding hydrogens is 546 g/mol. The maximum Gasteiger partial charge on any atom is 0.201 e. The maximum absolute atomic E-state index is 11.4. The van der Waals surface area contributed by atoms with Gasteiger partial charge in [0.1, 0.15) is 5.75 Å². The number of hydrogen-bond acceptors (Lipinski definition) is 7. The summed E-state index contributed by atoms with van der Waals surface area (Å²) in [6.07, 6.45) is 9.72. The number of aromatic nitrogens is 1. The fraction of sp³-hybridized carbons (Fsp3) is 0.543. The van der Waals surface area contributed by atoms with E-state index in [0.29, 0.717) is 41.6 Å². The minimum atomic E-state index is -0.620. The topological polar surface area (TPSA) is 134 Å². The number of phenolic OH excluding ortho intramolecular Hbond substituents is 2. The molecule has 3 aliphatic rings. The molecule has 232 valence electrons. The Morgan fingerprint density at radius 3 is 2.51 bits per heavy atom. The number of rotatable bonds is 7. The summed E-state index contributed by atoms with van der Waals surface area (Å²) in [5.74, 6) is 0.892. The number of fused-ring (bicyclic) bond motifs is 1. The number of benzene rings is 2. The van der Waals surface area contributed by atoms with E-state index in [4.69, 9.17) is 9.47 Å². The minimum absolute atomic E-state index is 0.0174. The molecule has 6 rings (SSSR count). The first-order chi connectivity index (χ1) is 20.8. The predicted octanol–water partition coefficient (Wildman–Crippen LogP) is 5.92. The Morgan fingerprint density at radius 1 is 0.953 bits per heavy atom. The number of aromatic hydroxyl groups is 3. The molecule has 1 saturated heterocycles. The average molecular weight is 591 g/mol. The molecular formula is C35H44NO7-. The van der Waals surface area contributed by atoms with Gasteiger partial charge in [-0.25, -0.2) is 0 Å². The van der Waals surface area contributed by atoms with Crippen LogP contribution in [0.15, 0.2) is 36.7 Å². The summed E-state index contributed by atoms with van der Waals surface area (Å²) in [5, 5.41) is 54.2. The van der Waals surface area contributed by atoms with Gasteiger partial charge in [-0.1, -0.05) is 43.5 Å². The van der Waals surface area contributed by atoms with Crippen molar-refractivity contribution in [3.63, 3.8) is 0 Å². The van der Waals surface area contributed by atoms with Crippen LogP contribution in [0.1, 0.15) is 110 Å². The zero-order chi connectivity index (χ0) is 30.2. The largest absolute Gasteiger partial charge is 0.670 e. The van der Waals surface area contributed by atoms with Crippen LogP contribution in [0.25, 0.3) is 0 Å². The number of nitrogens with zero attached hydrogens (tertiary/aromatic N) is 1. The van der Waals surface area contributed by atoms with Crippen molar-refractivity contribution in [3.8, 4) is 23.0 Å². The molecule has 1 aliphatic heterocycles. The van der Waals surface area contributed by atoms with E-state index in [-0.39, 0.29) is 29.3 Å². The molecule has 3 aromatic rings. The van der Waals surface area contributed by atoms with Crippen LogP contribution in [-0.2, 0) is 17.8 Å². The quantitative estimate of drug-likeness (QED) is 0.214. The van der Waals surface area contributed by atoms with Gasteiger partial charge in [-0.2, -0.15) is 12.4 Å². The van der Waals surface area contributed by atoms with E-state index in [1.54, 1.807) is 12.4 Å². The summed E-state index contributed by atoms with van der Waals surface area (Å²) in [5.41, 5.74) is 4.47. The molecule has 1 aromatic heterocycles. The Morgan fingerprint density at radius 2 is 1.79 bits per heavy atom. The summed E-state index contributed by atoms with van der Waals surface area (Å²) in [6.45, 7) is 1.79. The molecule has 5 N–H and O–H groups in total. The average Bonchev–Trinajstić information content (AvgIpc) is 3.52. The third-order valence-corrected chi connectivity index (χ3v) is 10.4. The zero-order valence-corrected chi connectivity index (χ0v) is 25.1. The van der Waals surface area contributed by atoms with E-state index in [1.807, 2.05) is 18.2 Å². The van der Waals surface area contributed by atoms with Gasteiger partial charge in [0.05, 0.1) is 32.0 Å². The van der Waals surface area contributed by atoms with Gasteiger partial charge in [0, 0.05) is 23.5 Å². The van der Waals surface area contributed by atoms with Gasteiger partial charge in [-0.15, -0.1) is 0 Å². The third-order valence-electron chi connectivity index (χ3n) is 10.4. The number of hydrogen-bond donors (Lipinski definition) is 5. The van der Waals surface area contributed by atoms with Gasteiger partial charge >= 0.3 is 0 Å². The first kappa shape index (κ1) is 29.9. The molecule has 0 radical (unpaired) electrons. The summed E-state index contributed by atoms with van der Waals surface area (Å²) < 4.78 is 12.4. The Bertz CT molecular complexity index is 1420. The highest BCUT2D eigenvalue weighted by Crippen LogP contribution is 2.52. The second-order valence-electron chi connectivity index (χ2n) is 13.0. The van der Waals surface area contributed by atoms with E-state index in [1.165, 1.54) is 25.5 Å². The van der Waals surface area contributed by atoms with Gasteiger partial charge < -0.3 is 40.0 Å². The van der Waals surface area contributed by atoms with Crippen LogP contribution in [-0.4, -0.2) is 44.9 Å². The fourth-order valence-corrected chi connectivity index (χ4v) is 8.17. The number of aliphatic hydroxyl groups is 2. The molecule has 0 spiro atoms. The number of aliphatic hydroxyl groups excluding tert-OH is 2. The minimum Gasteiger partial charge on any atom is -0.670 e. The maximum atomic E-state index is 11.4. The van der Waals surface area contributed by atoms with Crippen LogP contribution < -0.4 is 9.72 Å². The lowest BCUT2D eigenvalue weighted by atomic mass is 9.71. The Labute approximate surface area is 253 Å². The number of methoxy groups -OCH3 is 1. The van der Waals surface area contributed by atoms with Crippen molar-refractivity contribution < 1.29 is 35.0 Å². The smallest absolute Gasteiger partial charge is 0.201 e. The van der Waals surface area contributed by atoms with Gasteiger partial charge in [0.25, 0.3) is 0 Å². The number of ether oxygens (including phenoxy) is 2. The van der Waals surface area contributed by atoms with Crippen LogP contribution in [0.3, 0.4) is 0 Å². The van der Waals surface area contributed by atoms with E-state index in [9.17, 15) is 25.5 Å². The molecule has 8 nitrogen and oxygen atoms in total. The third kappa shape index (κ3) is 5.73. The summed E-state index contributed by atoms with van der Waals surface area (Å²) in [7, 11) is 1.43. The molecule has 2 heterocycles. The van der Waals surface area contributed by atoms with E-state index < -0.39 is 30.3 Å². The molecule has 7 atom stereocenters. The highest BCUT2D eigenvalue weighted by molar-refractivity contribution is 5.64. The standard InChI is InChI=1S/C35H44NO7/c1-19-4-3-5-23(12-19)25-14-21(7-9-28(25)38)22-6-8-24-29(39)16-31(43-30(24)15-22)32-26(13-20-10-11-36-17-20)35(42-2)34(41)33(40)27(32)18-37/h7,9-11,14,17,19,22-24,29-31,37-41H,3-6,8,12-13,15-16,18H2,1-2H3/q-1/t19-,22-,23-,24+,29+,30+,31+/m1/s1. The van der Waals surface area contributed by atoms with Crippen molar-refractivity contribution in [2.24, 2.45) is 11.8 Å². The molecule has 8 heteroatoms. The predicted molar refractivity (Wildman–Crippen MR) is 162 cm³/mol. The van der Waals surface area contributed by atoms with Crippen molar-refractivity contribution in [1.29, 1.82) is 0 Å². The summed E-state index contributed by atoms with van der Waals surface area (Å²) >= 11 is 0. The lowest BCUT2D eigenvalue weighted by Crippen LogP contribution is -2.44. The van der Waals surface area contributed by atoms with Crippen molar-refractivity contribution in [1.82, 2.24) is 4.98 Å². The van der Waals surface area contributed by atoms with Gasteiger partial charge in [-0.3, -0.25) is 0 Å². The Balaban J connectivity index is 1.31. The van der Waals surface area contributed by atoms with Gasteiger partial charge in [0.15, 0.2) is 11.5 Å². The molecule has 2 aliphatic carbocycles. The summed E-state index contributed by atoms with van der Waals surface area (Å²) in [6, 6.07) is 7.95. The van der Waals surface area contributed by atoms with Crippen LogP contribution >= 0.6 is 0 Å². The first-order valence-corrected chi connectivity index (χ1v) is 15.7. The second-order valence-corrected chi connectivity index (χ2v) is 13.0. The summed E-state index contributed by atoms with van der Waals surface area (Å²) in [4.78, 5) is 4.16. The lowest BCUT2D eigenvalue weighted by Gasteiger charge is -2.46. The fourth-order valence-electron chi connectivity index (χ4n) is 8.17. The molecule has 0 bridgehead atoms. The first-order valence-electron chi connectivity index (χ1n) is 15.7. The monoisotopic (exact) mass is 590 g/mol. The van der Waals surface area contributed by atoms with Crippen LogP contribution in [0, 0.1) is 11.8 Å². The highest BCUT2D eigenvalue weighted by atomic mass is 16.5. The second kappa shape index (κ2) is 12.4. The van der Waals surface area contributed by atoms with Crippen molar-refractivity contribution in [3.05, 3.63) is 70.0 Å². The van der Waals surface area contributed by atoms with Crippen molar-refractivity contribution >= 4 is 0 Å². The molecule has 2 aromatic carbocycles. The number of phenols is 3. The van der Waals surface area contributed by atoms with E-state index >= 15 is 0 Å². The van der Waals surface area contributed by atoms with Gasteiger partial charge in [0.2, 0.25) is 5.75 Å². The van der Waals surface area contributed by atoms with E-state index in [0.717, 1.165) is 43.2 Å². The molecule has 43 heavy (non-hydrogen) atoms. The normalized spacial score (nSPS) is 29.3. The zero-order valence-electron chi connectivity index (χ0n) is 25.1. The Kier molecular flexibility index (Phi) is 8.63. The van der Waals surface area contributed by atoms with Crippen LogP contribution in [0.5, 0.6) is 23.0 Å². The molecule has 3 fully saturated rings. The Hall–Kier alpha value is -3.20. The van der Waals surface area contributed by atoms with Crippen molar-refractivity contribution in [2.75, 3.05) is 7.11 Å². The molecule has 2 saturated carbocycles. The van der Waals surface area contributed by atoms with Crippen LogP contribution in [0.4, 0.5) is 0 Å². The van der Waals surface area contributed by atoms with Gasteiger partial charge in [-0.05, 0) is 79.0 Å². The molecule has 0 amide bonds. The van der Waals surface area contributed by atoms with Crippen molar-refractivity contribution in [2.45, 2.75) is 101 Å². The molecule has 0 unspecified atom stereocenters. The SMILES string of the molecule is COc1c(O)c(O)c(CO)c([C@@H]2C[C@H](O)[C@@H]3CC[C@@H](c4ccc(O)c([C@@H]5CCC[C@@H](C)C5)c4)C[C@@H]3O2)c1Cc1cc[n-]c1. The van der Waals surface area contributed by atoms with E-state index in [2.05, 4.69) is 18.0 Å². The van der Waals surface area contributed by atoms with Crippen LogP contribution in [0.2, 0.25) is 0 Å². The lowest BCUT2D eigenvalue weighted by molar-refractivity contribution is -0.154.